The summed E-state index contributed by atoms with van der Waals surface area (Å²) in [4.78, 5) is 42.7. The van der Waals surface area contributed by atoms with Crippen molar-refractivity contribution in [3.63, 3.8) is 0 Å². The van der Waals surface area contributed by atoms with Gasteiger partial charge in [-0.1, -0.05) is 20.3 Å². The lowest BCUT2D eigenvalue weighted by molar-refractivity contribution is -0.138. The number of hydrogen-bond donors (Lipinski definition) is 1. The monoisotopic (exact) mass is 392 g/mol. The molecule has 0 spiro atoms. The fraction of sp³-hybridized carbons (Fsp3) is 0.857. The first kappa shape index (κ1) is 21.1. The number of hydrogen-bond acceptors (Lipinski definition) is 4. The van der Waals surface area contributed by atoms with Crippen LogP contribution in [0.25, 0.3) is 0 Å². The number of carbonyl (C=O) groups excluding carboxylic acids is 3. The predicted molar refractivity (Wildman–Crippen MR) is 108 cm³/mol. The Bertz CT molecular complexity index is 602. The van der Waals surface area contributed by atoms with Crippen molar-refractivity contribution < 1.29 is 14.4 Å². The molecule has 2 aliphatic carbocycles. The van der Waals surface area contributed by atoms with Gasteiger partial charge in [0.15, 0.2) is 0 Å². The molecule has 1 aliphatic heterocycles. The normalized spacial score (nSPS) is 25.5. The van der Waals surface area contributed by atoms with Crippen LogP contribution in [0, 0.1) is 11.3 Å². The Morgan fingerprint density at radius 1 is 1.21 bits per heavy atom. The molecule has 1 heterocycles. The Balaban J connectivity index is 1.44. The van der Waals surface area contributed by atoms with Crippen LogP contribution in [-0.4, -0.2) is 84.8 Å². The standard InChI is InChI=1S/C21H36N4O3/c1-21(2)8-4-5-16(13-21)20(28)22-9-10-25(17-6-7-17)19(27)15-24-12-11-23(3)18(26)14-24/h16-17H,4-15H2,1-3H3,(H,22,28). The summed E-state index contributed by atoms with van der Waals surface area (Å²) >= 11 is 0. The molecule has 0 aromatic carbocycles. The van der Waals surface area contributed by atoms with E-state index in [1.54, 1.807) is 11.9 Å². The van der Waals surface area contributed by atoms with Crippen LogP contribution in [0.5, 0.6) is 0 Å². The zero-order valence-electron chi connectivity index (χ0n) is 17.7. The number of piperazine rings is 1. The van der Waals surface area contributed by atoms with Gasteiger partial charge in [-0.05, 0) is 37.5 Å². The Kier molecular flexibility index (Phi) is 6.63. The van der Waals surface area contributed by atoms with Crippen LogP contribution in [0.1, 0.15) is 52.4 Å². The van der Waals surface area contributed by atoms with Gasteiger partial charge in [0.05, 0.1) is 13.1 Å². The molecular weight excluding hydrogens is 356 g/mol. The first-order valence-electron chi connectivity index (χ1n) is 10.8. The quantitative estimate of drug-likeness (QED) is 0.704. The molecule has 0 radical (unpaired) electrons. The highest BCUT2D eigenvalue weighted by atomic mass is 16.2. The van der Waals surface area contributed by atoms with Gasteiger partial charge in [-0.25, -0.2) is 0 Å². The molecule has 2 saturated carbocycles. The second-order valence-electron chi connectivity index (χ2n) is 9.59. The van der Waals surface area contributed by atoms with Crippen molar-refractivity contribution in [3.8, 4) is 0 Å². The maximum atomic E-state index is 12.8. The van der Waals surface area contributed by atoms with Gasteiger partial charge in [0, 0.05) is 45.2 Å². The number of rotatable bonds is 7. The number of nitrogens with one attached hydrogen (secondary N) is 1. The van der Waals surface area contributed by atoms with E-state index in [1.807, 2.05) is 9.80 Å². The summed E-state index contributed by atoms with van der Waals surface area (Å²) in [7, 11) is 1.80. The molecule has 0 aromatic rings. The van der Waals surface area contributed by atoms with Crippen molar-refractivity contribution in [2.45, 2.75) is 58.4 Å². The van der Waals surface area contributed by atoms with E-state index >= 15 is 0 Å². The first-order chi connectivity index (χ1) is 13.2. The smallest absolute Gasteiger partial charge is 0.237 e. The molecule has 3 aliphatic rings. The minimum atomic E-state index is 0.0692. The minimum absolute atomic E-state index is 0.0692. The number of amides is 3. The molecule has 0 aromatic heterocycles. The van der Waals surface area contributed by atoms with E-state index in [9.17, 15) is 14.4 Å². The van der Waals surface area contributed by atoms with Crippen molar-refractivity contribution in [2.75, 3.05) is 46.3 Å². The van der Waals surface area contributed by atoms with Gasteiger partial charge in [-0.15, -0.1) is 0 Å². The number of carbonyl (C=O) groups is 3. The molecule has 7 heteroatoms. The second-order valence-corrected chi connectivity index (χ2v) is 9.59. The second kappa shape index (κ2) is 8.80. The summed E-state index contributed by atoms with van der Waals surface area (Å²) in [6, 6.07) is 0.307. The highest BCUT2D eigenvalue weighted by molar-refractivity contribution is 5.82. The Labute approximate surface area is 168 Å². The molecule has 1 atom stereocenters. The summed E-state index contributed by atoms with van der Waals surface area (Å²) < 4.78 is 0. The van der Waals surface area contributed by atoms with E-state index < -0.39 is 0 Å². The molecule has 1 N–H and O–H groups in total. The highest BCUT2D eigenvalue weighted by Crippen LogP contribution is 2.38. The lowest BCUT2D eigenvalue weighted by Gasteiger charge is -2.34. The first-order valence-corrected chi connectivity index (χ1v) is 10.8. The van der Waals surface area contributed by atoms with Crippen molar-refractivity contribution in [1.82, 2.24) is 20.0 Å². The Morgan fingerprint density at radius 3 is 2.61 bits per heavy atom. The highest BCUT2D eigenvalue weighted by Gasteiger charge is 2.35. The van der Waals surface area contributed by atoms with Gasteiger partial charge in [-0.3, -0.25) is 19.3 Å². The molecule has 3 rings (SSSR count). The van der Waals surface area contributed by atoms with E-state index in [0.717, 1.165) is 38.6 Å². The Hall–Kier alpha value is -1.63. The summed E-state index contributed by atoms with van der Waals surface area (Å²) in [5.41, 5.74) is 0.246. The third-order valence-electron chi connectivity index (χ3n) is 6.43. The minimum Gasteiger partial charge on any atom is -0.354 e. The van der Waals surface area contributed by atoms with E-state index in [4.69, 9.17) is 0 Å². The van der Waals surface area contributed by atoms with Crippen LogP contribution >= 0.6 is 0 Å². The number of likely N-dealkylation sites (N-methyl/N-ethyl adjacent to an activating group) is 1. The number of nitrogens with zero attached hydrogens (tertiary/aromatic N) is 3. The van der Waals surface area contributed by atoms with Crippen LogP contribution in [0.3, 0.4) is 0 Å². The van der Waals surface area contributed by atoms with Crippen molar-refractivity contribution in [3.05, 3.63) is 0 Å². The molecule has 1 unspecified atom stereocenters. The zero-order chi connectivity index (χ0) is 20.3. The van der Waals surface area contributed by atoms with Gasteiger partial charge in [-0.2, -0.15) is 0 Å². The maximum absolute atomic E-state index is 12.8. The third kappa shape index (κ3) is 5.69. The van der Waals surface area contributed by atoms with E-state index in [2.05, 4.69) is 19.2 Å². The van der Waals surface area contributed by atoms with Gasteiger partial charge in [0.25, 0.3) is 0 Å². The fourth-order valence-corrected chi connectivity index (χ4v) is 4.49. The summed E-state index contributed by atoms with van der Waals surface area (Å²) in [5.74, 6) is 0.387. The lowest BCUT2D eigenvalue weighted by Crippen LogP contribution is -2.52. The van der Waals surface area contributed by atoms with Crippen LogP contribution in [-0.2, 0) is 14.4 Å². The molecule has 3 amide bonds. The largest absolute Gasteiger partial charge is 0.354 e. The van der Waals surface area contributed by atoms with E-state index in [1.165, 1.54) is 6.42 Å². The van der Waals surface area contributed by atoms with Gasteiger partial charge < -0.3 is 15.1 Å². The van der Waals surface area contributed by atoms with Crippen LogP contribution in [0.4, 0.5) is 0 Å². The molecular formula is C21H36N4O3. The zero-order valence-corrected chi connectivity index (χ0v) is 17.7. The van der Waals surface area contributed by atoms with Crippen molar-refractivity contribution >= 4 is 17.7 Å². The summed E-state index contributed by atoms with van der Waals surface area (Å²) in [5, 5.41) is 3.07. The molecule has 0 bridgehead atoms. The molecule has 1 saturated heterocycles. The maximum Gasteiger partial charge on any atom is 0.237 e. The molecule has 158 valence electrons. The topological polar surface area (TPSA) is 73.0 Å². The van der Waals surface area contributed by atoms with Gasteiger partial charge >= 0.3 is 0 Å². The SMILES string of the molecule is CN1CCN(CC(=O)N(CCNC(=O)C2CCCC(C)(C)C2)C2CC2)CC1=O. The summed E-state index contributed by atoms with van der Waals surface area (Å²) in [6.45, 7) is 7.57. The van der Waals surface area contributed by atoms with E-state index in [0.29, 0.717) is 38.8 Å². The average Bonchev–Trinajstić information content (AvgIpc) is 3.45. The van der Waals surface area contributed by atoms with E-state index in [-0.39, 0.29) is 29.1 Å². The molecule has 7 nitrogen and oxygen atoms in total. The fourth-order valence-electron chi connectivity index (χ4n) is 4.49. The third-order valence-corrected chi connectivity index (χ3v) is 6.43. The van der Waals surface area contributed by atoms with Crippen LogP contribution < -0.4 is 5.32 Å². The molecule has 3 fully saturated rings. The average molecular weight is 393 g/mol. The van der Waals surface area contributed by atoms with Crippen molar-refractivity contribution in [2.24, 2.45) is 11.3 Å². The lowest BCUT2D eigenvalue weighted by atomic mass is 9.72. The Morgan fingerprint density at radius 2 is 1.96 bits per heavy atom. The summed E-state index contributed by atoms with van der Waals surface area (Å²) in [6.07, 6.45) is 6.30. The van der Waals surface area contributed by atoms with Gasteiger partial charge in [0.1, 0.15) is 0 Å². The van der Waals surface area contributed by atoms with Crippen molar-refractivity contribution in [1.29, 1.82) is 0 Å². The van der Waals surface area contributed by atoms with Crippen LogP contribution in [0.15, 0.2) is 0 Å². The van der Waals surface area contributed by atoms with Gasteiger partial charge in [0.2, 0.25) is 17.7 Å². The van der Waals surface area contributed by atoms with Crippen LogP contribution in [0.2, 0.25) is 0 Å². The molecule has 28 heavy (non-hydrogen) atoms. The predicted octanol–water partition coefficient (Wildman–Crippen LogP) is 1.08.